The zero-order chi connectivity index (χ0) is 23.5. The van der Waals surface area contributed by atoms with Crippen LogP contribution in [0.4, 0.5) is 30.2 Å². The van der Waals surface area contributed by atoms with Crippen LogP contribution in [-0.4, -0.2) is 54.4 Å². The Morgan fingerprint density at radius 3 is 2.34 bits per heavy atom. The third-order valence-electron chi connectivity index (χ3n) is 5.04. The molecule has 0 radical (unpaired) electrons. The molecule has 1 fully saturated rings. The summed E-state index contributed by atoms with van der Waals surface area (Å²) in [6.45, 7) is 1.31. The van der Waals surface area contributed by atoms with Crippen molar-refractivity contribution in [2.75, 3.05) is 42.9 Å². The molecule has 2 aromatic carbocycles. The highest BCUT2D eigenvalue weighted by atomic mass is 19.4. The Kier molecular flexibility index (Phi) is 6.63. The van der Waals surface area contributed by atoms with Crippen molar-refractivity contribution in [1.29, 1.82) is 0 Å². The van der Waals surface area contributed by atoms with Gasteiger partial charge in [0.05, 0.1) is 22.7 Å². The summed E-state index contributed by atoms with van der Waals surface area (Å²) < 4.78 is 39.2. The van der Waals surface area contributed by atoms with E-state index in [1.54, 1.807) is 9.80 Å². The fourth-order valence-corrected chi connectivity index (χ4v) is 3.47. The van der Waals surface area contributed by atoms with Crippen molar-refractivity contribution in [1.82, 2.24) is 4.90 Å². The van der Waals surface area contributed by atoms with E-state index in [2.05, 4.69) is 5.32 Å². The van der Waals surface area contributed by atoms with Gasteiger partial charge in [-0.15, -0.1) is 0 Å². The summed E-state index contributed by atoms with van der Waals surface area (Å²) in [5.41, 5.74) is 4.04. The van der Waals surface area contributed by atoms with Crippen LogP contribution in [0.15, 0.2) is 42.5 Å². The van der Waals surface area contributed by atoms with E-state index in [1.807, 2.05) is 0 Å². The van der Waals surface area contributed by atoms with Gasteiger partial charge < -0.3 is 16.0 Å². The predicted octanol–water partition coefficient (Wildman–Crippen LogP) is 2.47. The number of carbonyl (C=O) groups excluding carboxylic acids is 2. The van der Waals surface area contributed by atoms with Gasteiger partial charge in [-0.25, -0.2) is 0 Å². The van der Waals surface area contributed by atoms with Gasteiger partial charge in [0.1, 0.15) is 5.69 Å². The van der Waals surface area contributed by atoms with E-state index in [9.17, 15) is 32.9 Å². The summed E-state index contributed by atoms with van der Waals surface area (Å²) in [7, 11) is 0. The molecule has 12 heteroatoms. The highest BCUT2D eigenvalue weighted by molar-refractivity contribution is 5.94. The third kappa shape index (κ3) is 5.32. The van der Waals surface area contributed by atoms with E-state index in [0.29, 0.717) is 31.9 Å². The molecule has 2 amide bonds. The number of rotatable bonds is 6. The molecule has 1 aliphatic rings. The molecule has 0 spiro atoms. The monoisotopic (exact) mass is 451 g/mol. The number of halogens is 3. The van der Waals surface area contributed by atoms with Crippen LogP contribution in [0.2, 0.25) is 0 Å². The van der Waals surface area contributed by atoms with Crippen molar-refractivity contribution >= 4 is 28.9 Å². The fraction of sp³-hybridized carbons (Fsp3) is 0.300. The van der Waals surface area contributed by atoms with Crippen LogP contribution in [0.5, 0.6) is 0 Å². The molecule has 0 bridgehead atoms. The Hall–Kier alpha value is -3.67. The molecule has 0 aromatic heterocycles. The molecular weight excluding hydrogens is 431 g/mol. The Labute approximate surface area is 180 Å². The van der Waals surface area contributed by atoms with Crippen LogP contribution in [-0.2, 0) is 11.0 Å². The highest BCUT2D eigenvalue weighted by Gasteiger charge is 2.33. The van der Waals surface area contributed by atoms with Crippen molar-refractivity contribution < 1.29 is 27.7 Å². The van der Waals surface area contributed by atoms with Crippen molar-refractivity contribution in [2.24, 2.45) is 5.73 Å². The lowest BCUT2D eigenvalue weighted by molar-refractivity contribution is -0.384. The van der Waals surface area contributed by atoms with E-state index >= 15 is 0 Å². The second-order valence-electron chi connectivity index (χ2n) is 7.18. The van der Waals surface area contributed by atoms with E-state index in [4.69, 9.17) is 5.73 Å². The smallest absolute Gasteiger partial charge is 0.366 e. The van der Waals surface area contributed by atoms with Crippen molar-refractivity contribution in [3.63, 3.8) is 0 Å². The number of carbonyl (C=O) groups is 2. The maximum atomic E-state index is 13.1. The van der Waals surface area contributed by atoms with Gasteiger partial charge in [0, 0.05) is 37.8 Å². The molecule has 32 heavy (non-hydrogen) atoms. The van der Waals surface area contributed by atoms with Crippen LogP contribution in [0, 0.1) is 10.1 Å². The van der Waals surface area contributed by atoms with Crippen LogP contribution in [0.25, 0.3) is 0 Å². The van der Waals surface area contributed by atoms with Crippen LogP contribution in [0.3, 0.4) is 0 Å². The first-order chi connectivity index (χ1) is 15.1. The zero-order valence-electron chi connectivity index (χ0n) is 16.8. The Morgan fingerprint density at radius 1 is 1.09 bits per heavy atom. The molecule has 0 unspecified atom stereocenters. The highest BCUT2D eigenvalue weighted by Crippen LogP contribution is 2.34. The fourth-order valence-electron chi connectivity index (χ4n) is 3.47. The average molecular weight is 451 g/mol. The minimum Gasteiger partial charge on any atom is -0.366 e. The van der Waals surface area contributed by atoms with Gasteiger partial charge in [-0.1, -0.05) is 12.1 Å². The normalized spacial score (nSPS) is 14.8. The summed E-state index contributed by atoms with van der Waals surface area (Å²) in [6.07, 6.45) is -4.59. The maximum absolute atomic E-state index is 13.1. The maximum Gasteiger partial charge on any atom is 0.418 e. The molecule has 2 aromatic rings. The minimum absolute atomic E-state index is 0.0231. The molecule has 3 N–H and O–H groups in total. The number of nitrogens with one attached hydrogen (secondary N) is 1. The summed E-state index contributed by atoms with van der Waals surface area (Å²) in [5.74, 6) is -1.37. The number of para-hydroxylation sites is 1. The van der Waals surface area contributed by atoms with Crippen molar-refractivity contribution in [2.45, 2.75) is 6.18 Å². The molecule has 1 heterocycles. The largest absolute Gasteiger partial charge is 0.418 e. The lowest BCUT2D eigenvalue weighted by Gasteiger charge is -2.35. The average Bonchev–Trinajstić information content (AvgIpc) is 2.73. The van der Waals surface area contributed by atoms with E-state index < -0.39 is 28.5 Å². The molecule has 0 aliphatic carbocycles. The zero-order valence-corrected chi connectivity index (χ0v) is 16.8. The first-order valence-corrected chi connectivity index (χ1v) is 9.58. The Bertz CT molecular complexity index is 1040. The second kappa shape index (κ2) is 9.22. The number of benzene rings is 2. The number of nitro benzene ring substituents is 1. The minimum atomic E-state index is -4.59. The van der Waals surface area contributed by atoms with Gasteiger partial charge in [0.25, 0.3) is 5.69 Å². The van der Waals surface area contributed by atoms with Gasteiger partial charge >= 0.3 is 6.18 Å². The van der Waals surface area contributed by atoms with E-state index in [0.717, 1.165) is 12.1 Å². The lowest BCUT2D eigenvalue weighted by Crippen LogP contribution is -2.48. The number of alkyl halides is 3. The molecular formula is C20H20F3N5O4. The molecule has 1 aliphatic heterocycles. The topological polar surface area (TPSA) is 122 Å². The SMILES string of the molecule is NC(=O)c1ccc(N2CCN(CC(=O)Nc3ccccc3C(F)(F)F)CC2)c([N+](=O)[O-])c1. The Morgan fingerprint density at radius 2 is 1.75 bits per heavy atom. The van der Waals surface area contributed by atoms with Gasteiger partial charge in [-0.3, -0.25) is 24.6 Å². The molecule has 1 saturated heterocycles. The molecule has 0 atom stereocenters. The van der Waals surface area contributed by atoms with Crippen LogP contribution in [0.1, 0.15) is 15.9 Å². The van der Waals surface area contributed by atoms with Crippen molar-refractivity contribution in [3.05, 3.63) is 63.7 Å². The number of hydrogen-bond acceptors (Lipinski definition) is 6. The second-order valence-corrected chi connectivity index (χ2v) is 7.18. The summed E-state index contributed by atoms with van der Waals surface area (Å²) in [6, 6.07) is 8.71. The number of nitrogens with zero attached hydrogens (tertiary/aromatic N) is 3. The lowest BCUT2D eigenvalue weighted by atomic mass is 10.1. The van der Waals surface area contributed by atoms with Gasteiger partial charge in [-0.05, 0) is 24.3 Å². The van der Waals surface area contributed by atoms with Gasteiger partial charge in [-0.2, -0.15) is 13.2 Å². The molecule has 170 valence electrons. The van der Waals surface area contributed by atoms with Crippen LogP contribution >= 0.6 is 0 Å². The number of nitrogens with two attached hydrogens (primary N) is 1. The number of piperazine rings is 1. The molecule has 9 nitrogen and oxygen atoms in total. The number of anilines is 2. The van der Waals surface area contributed by atoms with Gasteiger partial charge in [0.15, 0.2) is 0 Å². The number of nitro groups is 1. The third-order valence-corrected chi connectivity index (χ3v) is 5.04. The quantitative estimate of drug-likeness (QED) is 0.514. The number of hydrogen-bond donors (Lipinski definition) is 2. The van der Waals surface area contributed by atoms with Crippen LogP contribution < -0.4 is 16.0 Å². The van der Waals surface area contributed by atoms with Gasteiger partial charge in [0.2, 0.25) is 11.8 Å². The molecule has 0 saturated carbocycles. The predicted molar refractivity (Wildman–Crippen MR) is 110 cm³/mol. The summed E-state index contributed by atoms with van der Waals surface area (Å²) in [5, 5.41) is 13.7. The van der Waals surface area contributed by atoms with E-state index in [-0.39, 0.29) is 23.5 Å². The molecule has 3 rings (SSSR count). The standard InChI is InChI=1S/C20H20F3N5O4/c21-20(22,23)14-3-1-2-4-15(14)25-18(29)12-26-7-9-27(10-8-26)16-6-5-13(19(24)30)11-17(16)28(31)32/h1-6,11H,7-10,12H2,(H2,24,30)(H,25,29). The van der Waals surface area contributed by atoms with Crippen molar-refractivity contribution in [3.8, 4) is 0 Å². The summed E-state index contributed by atoms with van der Waals surface area (Å²) >= 11 is 0. The Balaban J connectivity index is 1.62. The van der Waals surface area contributed by atoms with E-state index in [1.165, 1.54) is 30.3 Å². The summed E-state index contributed by atoms with van der Waals surface area (Å²) in [4.78, 5) is 37.9. The first-order valence-electron chi connectivity index (χ1n) is 9.58. The number of primary amides is 1. The first kappa shape index (κ1) is 23.0. The number of amides is 2.